The number of carbonyl (C=O) groups is 1. The molecule has 0 bridgehead atoms. The summed E-state index contributed by atoms with van der Waals surface area (Å²) >= 11 is 6.29. The molecule has 0 spiro atoms. The Morgan fingerprint density at radius 3 is 2.62 bits per heavy atom. The molecule has 1 heterocycles. The Balaban J connectivity index is 1.98. The van der Waals surface area contributed by atoms with E-state index in [-0.39, 0.29) is 18.1 Å². The topological polar surface area (TPSA) is 60.5 Å². The van der Waals surface area contributed by atoms with Gasteiger partial charge in [-0.2, -0.15) is 0 Å². The fraction of sp³-hybridized carbons (Fsp3) is 0.400. The number of hydrogen-bond donors (Lipinski definition) is 1. The number of aromatic nitrogens is 1. The summed E-state index contributed by atoms with van der Waals surface area (Å²) in [5, 5.41) is 3.37. The predicted molar refractivity (Wildman–Crippen MR) is 103 cm³/mol. The zero-order chi connectivity index (χ0) is 19.1. The van der Waals surface area contributed by atoms with E-state index in [0.29, 0.717) is 22.4 Å². The van der Waals surface area contributed by atoms with Crippen molar-refractivity contribution in [3.05, 3.63) is 47.1 Å². The third kappa shape index (κ3) is 5.92. The smallest absolute Gasteiger partial charge is 0.217 e. The number of carbonyl (C=O) groups excluding carboxylic acids is 1. The van der Waals surface area contributed by atoms with Gasteiger partial charge in [-0.1, -0.05) is 31.0 Å². The molecule has 1 N–H and O–H groups in total. The van der Waals surface area contributed by atoms with E-state index in [1.165, 1.54) is 12.5 Å². The van der Waals surface area contributed by atoms with Gasteiger partial charge in [0.1, 0.15) is 17.6 Å². The van der Waals surface area contributed by atoms with Crippen molar-refractivity contribution in [1.29, 1.82) is 0 Å². The number of rotatable bonds is 8. The van der Waals surface area contributed by atoms with Crippen LogP contribution in [0.4, 0.5) is 0 Å². The maximum Gasteiger partial charge on any atom is 0.217 e. The van der Waals surface area contributed by atoms with Crippen molar-refractivity contribution in [3.8, 4) is 17.4 Å². The Bertz CT molecular complexity index is 734. The van der Waals surface area contributed by atoms with E-state index in [2.05, 4.69) is 17.2 Å². The van der Waals surface area contributed by atoms with Crippen LogP contribution in [0.2, 0.25) is 5.02 Å². The Morgan fingerprint density at radius 1 is 1.27 bits per heavy atom. The molecule has 2 atom stereocenters. The molecule has 0 aliphatic heterocycles. The largest absolute Gasteiger partial charge is 0.472 e. The third-order valence-electron chi connectivity index (χ3n) is 3.91. The first-order chi connectivity index (χ1) is 12.4. The molecule has 0 aliphatic carbocycles. The number of nitrogens with zero attached hydrogens (tertiary/aromatic N) is 1. The van der Waals surface area contributed by atoms with Crippen molar-refractivity contribution in [2.45, 2.75) is 52.7 Å². The minimum absolute atomic E-state index is 0.0912. The van der Waals surface area contributed by atoms with Crippen molar-refractivity contribution < 1.29 is 14.3 Å². The van der Waals surface area contributed by atoms with E-state index in [1.54, 1.807) is 18.3 Å². The summed E-state index contributed by atoms with van der Waals surface area (Å²) in [6, 6.07) is 9.19. The van der Waals surface area contributed by atoms with Crippen LogP contribution in [-0.2, 0) is 11.2 Å². The van der Waals surface area contributed by atoms with Gasteiger partial charge in [0.15, 0.2) is 0 Å². The van der Waals surface area contributed by atoms with Crippen LogP contribution in [0.3, 0.4) is 0 Å². The van der Waals surface area contributed by atoms with E-state index < -0.39 is 0 Å². The van der Waals surface area contributed by atoms with E-state index in [0.717, 1.165) is 12.8 Å². The Labute approximate surface area is 159 Å². The maximum atomic E-state index is 11.1. The van der Waals surface area contributed by atoms with E-state index in [4.69, 9.17) is 21.1 Å². The van der Waals surface area contributed by atoms with Gasteiger partial charge in [-0.25, -0.2) is 4.98 Å². The average molecular weight is 377 g/mol. The molecular formula is C20H25ClN2O3. The molecule has 140 valence electrons. The Kier molecular flexibility index (Phi) is 7.27. The van der Waals surface area contributed by atoms with Gasteiger partial charge < -0.3 is 14.8 Å². The molecular weight excluding hydrogens is 352 g/mol. The van der Waals surface area contributed by atoms with Gasteiger partial charge in [0, 0.05) is 13.0 Å². The van der Waals surface area contributed by atoms with Gasteiger partial charge in [-0.15, -0.1) is 0 Å². The lowest BCUT2D eigenvalue weighted by Gasteiger charge is -2.21. The molecule has 0 saturated carbocycles. The zero-order valence-electron chi connectivity index (χ0n) is 15.6. The fourth-order valence-electron chi connectivity index (χ4n) is 2.43. The lowest BCUT2D eigenvalue weighted by atomic mass is 10.1. The van der Waals surface area contributed by atoms with Crippen LogP contribution >= 0.6 is 11.6 Å². The lowest BCUT2D eigenvalue weighted by Crippen LogP contribution is -2.41. The molecule has 26 heavy (non-hydrogen) atoms. The Hall–Kier alpha value is -2.27. The summed E-state index contributed by atoms with van der Waals surface area (Å²) in [5.74, 6) is 1.54. The van der Waals surface area contributed by atoms with Crippen LogP contribution in [-0.4, -0.2) is 23.0 Å². The number of hydrogen-bond acceptors (Lipinski definition) is 4. The van der Waals surface area contributed by atoms with Gasteiger partial charge in [0.25, 0.3) is 0 Å². The van der Waals surface area contributed by atoms with E-state index in [1.807, 2.05) is 32.0 Å². The number of nitrogens with one attached hydrogen (secondary N) is 1. The summed E-state index contributed by atoms with van der Waals surface area (Å²) in [5.41, 5.74) is 1.19. The lowest BCUT2D eigenvalue weighted by molar-refractivity contribution is -0.120. The van der Waals surface area contributed by atoms with Crippen molar-refractivity contribution in [2.75, 3.05) is 0 Å². The second kappa shape index (κ2) is 9.43. The first kappa shape index (κ1) is 20.0. The van der Waals surface area contributed by atoms with Crippen molar-refractivity contribution >= 4 is 17.5 Å². The summed E-state index contributed by atoms with van der Waals surface area (Å²) in [6.45, 7) is 7.37. The van der Waals surface area contributed by atoms with Gasteiger partial charge in [-0.05, 0) is 44.0 Å². The number of aryl methyl sites for hydroxylation is 1. The number of halogens is 1. The van der Waals surface area contributed by atoms with Crippen LogP contribution in [0.5, 0.6) is 17.4 Å². The highest BCUT2D eigenvalue weighted by atomic mass is 35.5. The second-order valence-corrected chi connectivity index (χ2v) is 6.67. The second-order valence-electron chi connectivity index (χ2n) is 6.26. The monoisotopic (exact) mass is 376 g/mol. The normalized spacial score (nSPS) is 13.0. The minimum Gasteiger partial charge on any atom is -0.472 e. The molecule has 0 fully saturated rings. The molecule has 5 nitrogen and oxygen atoms in total. The minimum atomic E-state index is -0.210. The highest BCUT2D eigenvalue weighted by Gasteiger charge is 2.15. The molecule has 1 amide bonds. The van der Waals surface area contributed by atoms with Gasteiger partial charge in [0.05, 0.1) is 17.3 Å². The van der Waals surface area contributed by atoms with Crippen LogP contribution in [0.1, 0.15) is 39.7 Å². The highest BCUT2D eigenvalue weighted by molar-refractivity contribution is 6.32. The first-order valence-corrected chi connectivity index (χ1v) is 9.13. The first-order valence-electron chi connectivity index (χ1n) is 8.75. The molecule has 2 unspecified atom stereocenters. The molecule has 2 aromatic rings. The van der Waals surface area contributed by atoms with E-state index in [9.17, 15) is 4.79 Å². The highest BCUT2D eigenvalue weighted by Crippen LogP contribution is 2.30. The van der Waals surface area contributed by atoms with Crippen LogP contribution in [0.25, 0.3) is 0 Å². The summed E-state index contributed by atoms with van der Waals surface area (Å²) in [4.78, 5) is 15.4. The molecule has 0 radical (unpaired) electrons. The predicted octanol–water partition coefficient (Wildman–Crippen LogP) is 4.77. The molecule has 0 aliphatic rings. The summed E-state index contributed by atoms with van der Waals surface area (Å²) < 4.78 is 11.5. The van der Waals surface area contributed by atoms with Crippen LogP contribution < -0.4 is 14.8 Å². The molecule has 0 saturated heterocycles. The quantitative estimate of drug-likeness (QED) is 0.720. The Morgan fingerprint density at radius 2 is 2.04 bits per heavy atom. The van der Waals surface area contributed by atoms with E-state index >= 15 is 0 Å². The van der Waals surface area contributed by atoms with Crippen LogP contribution in [0, 0.1) is 0 Å². The molecule has 2 rings (SSSR count). The van der Waals surface area contributed by atoms with Crippen molar-refractivity contribution in [2.24, 2.45) is 0 Å². The molecule has 6 heteroatoms. The summed E-state index contributed by atoms with van der Waals surface area (Å²) in [6.07, 6.45) is 3.43. The zero-order valence-corrected chi connectivity index (χ0v) is 16.3. The van der Waals surface area contributed by atoms with Gasteiger partial charge in [0.2, 0.25) is 11.8 Å². The van der Waals surface area contributed by atoms with Gasteiger partial charge >= 0.3 is 0 Å². The fourth-order valence-corrected chi connectivity index (χ4v) is 2.67. The SMILES string of the molecule is CCCc1ccc(Oc2ccc(OC(C)C(C)NC(C)=O)nc2)c(Cl)c1. The van der Waals surface area contributed by atoms with Crippen molar-refractivity contribution in [1.82, 2.24) is 10.3 Å². The van der Waals surface area contributed by atoms with Crippen molar-refractivity contribution in [3.63, 3.8) is 0 Å². The molecule has 1 aromatic carbocycles. The van der Waals surface area contributed by atoms with Crippen LogP contribution in [0.15, 0.2) is 36.5 Å². The van der Waals surface area contributed by atoms with Gasteiger partial charge in [-0.3, -0.25) is 4.79 Å². The number of amides is 1. The number of pyridine rings is 1. The summed E-state index contributed by atoms with van der Waals surface area (Å²) in [7, 11) is 0. The number of ether oxygens (including phenoxy) is 2. The average Bonchev–Trinajstić information content (AvgIpc) is 2.58. The third-order valence-corrected chi connectivity index (χ3v) is 4.21. The molecule has 1 aromatic heterocycles. The number of benzene rings is 1. The standard InChI is InChI=1S/C20H25ClN2O3/c1-5-6-16-7-9-19(18(21)11-16)26-17-8-10-20(22-12-17)25-14(3)13(2)23-15(4)24/h7-14H,5-6H2,1-4H3,(H,23,24). The maximum absolute atomic E-state index is 11.1.